The average molecular weight is 458 g/mol. The summed E-state index contributed by atoms with van der Waals surface area (Å²) >= 11 is 0. The highest BCUT2D eigenvalue weighted by Crippen LogP contribution is 2.38. The fraction of sp³-hybridized carbons (Fsp3) is 0.360. The summed E-state index contributed by atoms with van der Waals surface area (Å²) in [5.74, 6) is 3.68. The Balaban J connectivity index is 1.73. The monoisotopic (exact) mass is 457 g/mol. The van der Waals surface area contributed by atoms with Crippen molar-refractivity contribution in [3.63, 3.8) is 0 Å². The van der Waals surface area contributed by atoms with Crippen molar-refractivity contribution in [1.82, 2.24) is 4.90 Å². The molecule has 0 bridgehead atoms. The molecule has 1 aromatic heterocycles. The van der Waals surface area contributed by atoms with Gasteiger partial charge in [-0.1, -0.05) is 12.1 Å². The summed E-state index contributed by atoms with van der Waals surface area (Å²) in [5, 5.41) is 10.7. The average Bonchev–Trinajstić information content (AvgIpc) is 3.35. The number of nitrogens with zero attached hydrogens (tertiary/aromatic N) is 1. The van der Waals surface area contributed by atoms with Crippen LogP contribution in [0.1, 0.15) is 11.3 Å². The van der Waals surface area contributed by atoms with Crippen LogP contribution in [0, 0.1) is 0 Å². The van der Waals surface area contributed by atoms with E-state index in [2.05, 4.69) is 4.90 Å². The smallest absolute Gasteiger partial charge is 0.203 e. The first-order valence-corrected chi connectivity index (χ1v) is 10.5. The molecule has 1 N–H and O–H groups in total. The van der Waals surface area contributed by atoms with E-state index < -0.39 is 6.10 Å². The van der Waals surface area contributed by atoms with Crippen LogP contribution in [0.4, 0.5) is 0 Å². The molecule has 0 fully saturated rings. The van der Waals surface area contributed by atoms with Crippen LogP contribution in [-0.2, 0) is 13.1 Å². The molecule has 1 heterocycles. The molecule has 2 aromatic carbocycles. The molecule has 178 valence electrons. The summed E-state index contributed by atoms with van der Waals surface area (Å²) in [7, 11) is 6.32. The lowest BCUT2D eigenvalue weighted by molar-refractivity contribution is 0.0595. The van der Waals surface area contributed by atoms with Gasteiger partial charge in [0.25, 0.3) is 0 Å². The number of hydrogen-bond donors (Lipinski definition) is 1. The number of methoxy groups -OCH3 is 4. The van der Waals surface area contributed by atoms with Crippen molar-refractivity contribution >= 4 is 0 Å². The van der Waals surface area contributed by atoms with Gasteiger partial charge < -0.3 is 33.2 Å². The van der Waals surface area contributed by atoms with Gasteiger partial charge in [0.15, 0.2) is 23.0 Å². The summed E-state index contributed by atoms with van der Waals surface area (Å²) < 4.78 is 33.0. The zero-order chi connectivity index (χ0) is 23.6. The van der Waals surface area contributed by atoms with E-state index in [9.17, 15) is 5.11 Å². The number of hydrogen-bond acceptors (Lipinski definition) is 8. The topological polar surface area (TPSA) is 82.8 Å². The molecule has 0 radical (unpaired) electrons. The van der Waals surface area contributed by atoms with E-state index >= 15 is 0 Å². The fourth-order valence-corrected chi connectivity index (χ4v) is 3.57. The highest BCUT2D eigenvalue weighted by Gasteiger charge is 2.19. The molecule has 8 nitrogen and oxygen atoms in total. The SMILES string of the molecule is COc1ccccc1OCC(O)CN(Cc1cc(OC)c(OC)c(OC)c1)Cc1ccco1. The first-order valence-electron chi connectivity index (χ1n) is 10.5. The van der Waals surface area contributed by atoms with Crippen LogP contribution in [0.25, 0.3) is 0 Å². The summed E-state index contributed by atoms with van der Waals surface area (Å²) in [6.07, 6.45) is 0.890. The van der Waals surface area contributed by atoms with Crippen molar-refractivity contribution in [3.8, 4) is 28.7 Å². The first kappa shape index (κ1) is 24.3. The Labute approximate surface area is 194 Å². The lowest BCUT2D eigenvalue weighted by Crippen LogP contribution is -2.35. The van der Waals surface area contributed by atoms with Crippen molar-refractivity contribution in [2.75, 3.05) is 41.6 Å². The number of aliphatic hydroxyl groups excluding tert-OH is 1. The minimum Gasteiger partial charge on any atom is -0.493 e. The predicted octanol–water partition coefficient (Wildman–Crippen LogP) is 3.76. The van der Waals surface area contributed by atoms with E-state index in [1.165, 1.54) is 0 Å². The molecule has 0 aliphatic carbocycles. The third kappa shape index (κ3) is 6.57. The van der Waals surface area contributed by atoms with Gasteiger partial charge in [0.2, 0.25) is 5.75 Å². The largest absolute Gasteiger partial charge is 0.493 e. The van der Waals surface area contributed by atoms with Gasteiger partial charge in [-0.25, -0.2) is 0 Å². The van der Waals surface area contributed by atoms with Crippen molar-refractivity contribution in [1.29, 1.82) is 0 Å². The molecule has 0 saturated carbocycles. The number of ether oxygens (including phenoxy) is 5. The number of para-hydroxylation sites is 2. The fourth-order valence-electron chi connectivity index (χ4n) is 3.57. The second kappa shape index (κ2) is 12.0. The van der Waals surface area contributed by atoms with Crippen LogP contribution in [0.3, 0.4) is 0 Å². The zero-order valence-electron chi connectivity index (χ0n) is 19.4. The Bertz CT molecular complexity index is 965. The van der Waals surface area contributed by atoms with E-state index in [1.54, 1.807) is 34.7 Å². The van der Waals surface area contributed by atoms with Gasteiger partial charge in [-0.05, 0) is 42.0 Å². The van der Waals surface area contributed by atoms with Crippen molar-refractivity contribution in [2.24, 2.45) is 0 Å². The third-order valence-electron chi connectivity index (χ3n) is 5.06. The van der Waals surface area contributed by atoms with Crippen LogP contribution in [0.5, 0.6) is 28.7 Å². The first-order chi connectivity index (χ1) is 16.1. The van der Waals surface area contributed by atoms with E-state index in [-0.39, 0.29) is 6.61 Å². The standard InChI is InChI=1S/C25H31NO7/c1-28-21-9-5-6-10-22(21)33-17-19(27)15-26(16-20-8-7-11-32-20)14-18-12-23(29-2)25(31-4)24(13-18)30-3/h5-13,19,27H,14-17H2,1-4H3. The van der Waals surface area contributed by atoms with Crippen LogP contribution in [-0.4, -0.2) is 57.7 Å². The Morgan fingerprint density at radius 2 is 1.48 bits per heavy atom. The normalized spacial score (nSPS) is 11.8. The molecule has 3 rings (SSSR count). The molecular weight excluding hydrogens is 426 g/mol. The van der Waals surface area contributed by atoms with Crippen LogP contribution >= 0.6 is 0 Å². The minimum absolute atomic E-state index is 0.115. The molecule has 0 saturated heterocycles. The van der Waals surface area contributed by atoms with Crippen LogP contribution in [0.2, 0.25) is 0 Å². The van der Waals surface area contributed by atoms with Gasteiger partial charge in [0.1, 0.15) is 18.5 Å². The molecule has 33 heavy (non-hydrogen) atoms. The van der Waals surface area contributed by atoms with Crippen molar-refractivity contribution in [2.45, 2.75) is 19.2 Å². The lowest BCUT2D eigenvalue weighted by atomic mass is 10.1. The van der Waals surface area contributed by atoms with Gasteiger partial charge in [-0.3, -0.25) is 4.90 Å². The number of furan rings is 1. The number of benzene rings is 2. The molecule has 0 spiro atoms. The quantitative estimate of drug-likeness (QED) is 0.416. The minimum atomic E-state index is -0.744. The van der Waals surface area contributed by atoms with E-state index in [0.717, 1.165) is 11.3 Å². The Hall–Kier alpha value is -3.36. The lowest BCUT2D eigenvalue weighted by Gasteiger charge is -2.25. The maximum absolute atomic E-state index is 10.7. The van der Waals surface area contributed by atoms with E-state index in [4.69, 9.17) is 28.1 Å². The van der Waals surface area contributed by atoms with Gasteiger partial charge in [-0.15, -0.1) is 0 Å². The Kier molecular flexibility index (Phi) is 8.86. The van der Waals surface area contributed by atoms with Gasteiger partial charge >= 0.3 is 0 Å². The third-order valence-corrected chi connectivity index (χ3v) is 5.06. The Morgan fingerprint density at radius 1 is 0.818 bits per heavy atom. The number of aliphatic hydroxyl groups is 1. The number of rotatable bonds is 13. The highest BCUT2D eigenvalue weighted by molar-refractivity contribution is 5.53. The van der Waals surface area contributed by atoms with Crippen molar-refractivity contribution < 1.29 is 33.2 Å². The molecule has 0 aliphatic heterocycles. The second-order valence-corrected chi connectivity index (χ2v) is 7.40. The predicted molar refractivity (Wildman–Crippen MR) is 123 cm³/mol. The van der Waals surface area contributed by atoms with Gasteiger partial charge in [0.05, 0.1) is 41.2 Å². The molecule has 0 amide bonds. The maximum atomic E-state index is 10.7. The summed E-state index contributed by atoms with van der Waals surface area (Å²) in [6.45, 7) is 1.50. The molecular formula is C25H31NO7. The van der Waals surface area contributed by atoms with Crippen molar-refractivity contribution in [3.05, 3.63) is 66.1 Å². The summed E-state index contributed by atoms with van der Waals surface area (Å²) in [4.78, 5) is 2.07. The van der Waals surface area contributed by atoms with E-state index in [1.807, 2.05) is 48.5 Å². The Morgan fingerprint density at radius 3 is 2.06 bits per heavy atom. The van der Waals surface area contributed by atoms with Gasteiger partial charge in [0, 0.05) is 13.1 Å². The van der Waals surface area contributed by atoms with E-state index in [0.29, 0.717) is 48.4 Å². The second-order valence-electron chi connectivity index (χ2n) is 7.40. The molecule has 1 unspecified atom stereocenters. The zero-order valence-corrected chi connectivity index (χ0v) is 19.4. The molecule has 3 aromatic rings. The van der Waals surface area contributed by atoms with Gasteiger partial charge in [-0.2, -0.15) is 0 Å². The maximum Gasteiger partial charge on any atom is 0.203 e. The van der Waals surface area contributed by atoms with Crippen LogP contribution in [0.15, 0.2) is 59.2 Å². The van der Waals surface area contributed by atoms with Crippen LogP contribution < -0.4 is 23.7 Å². The molecule has 1 atom stereocenters. The summed E-state index contributed by atoms with van der Waals surface area (Å²) in [6, 6.07) is 14.9. The molecule has 8 heteroatoms. The summed E-state index contributed by atoms with van der Waals surface area (Å²) in [5.41, 5.74) is 0.939. The highest BCUT2D eigenvalue weighted by atomic mass is 16.5. The molecule has 0 aliphatic rings.